The molecule has 3 aromatic carbocycles. The quantitative estimate of drug-likeness (QED) is 0.459. The topological polar surface area (TPSA) is 35.6 Å². The average molecular weight is 454 g/mol. The molecule has 0 saturated carbocycles. The third kappa shape index (κ3) is 5.34. The maximum absolute atomic E-state index is 12.6. The minimum absolute atomic E-state index is 0.281. The number of rotatable bonds is 8. The van der Waals surface area contributed by atoms with E-state index in [1.165, 1.54) is 40.8 Å². The SMILES string of the molecule is O=C(CCCNCC1CCN(c2ccccc2-c2ccccc2)CC1)N1Cc2ccccc2C1. The van der Waals surface area contributed by atoms with E-state index >= 15 is 0 Å². The summed E-state index contributed by atoms with van der Waals surface area (Å²) in [5, 5.41) is 3.62. The molecule has 2 aliphatic heterocycles. The highest BCUT2D eigenvalue weighted by molar-refractivity contribution is 5.78. The average Bonchev–Trinajstić information content (AvgIpc) is 3.34. The second-order valence-corrected chi connectivity index (χ2v) is 9.64. The number of nitrogens with one attached hydrogen (secondary N) is 1. The van der Waals surface area contributed by atoms with Crippen LogP contribution in [0.3, 0.4) is 0 Å². The van der Waals surface area contributed by atoms with Gasteiger partial charge in [0, 0.05) is 43.9 Å². The molecular weight excluding hydrogens is 418 g/mol. The van der Waals surface area contributed by atoms with Gasteiger partial charge in [0.2, 0.25) is 5.91 Å². The van der Waals surface area contributed by atoms with Crippen molar-refractivity contribution in [1.82, 2.24) is 10.2 Å². The van der Waals surface area contributed by atoms with E-state index in [0.717, 1.165) is 45.7 Å². The van der Waals surface area contributed by atoms with Crippen molar-refractivity contribution >= 4 is 11.6 Å². The van der Waals surface area contributed by atoms with E-state index in [2.05, 4.69) is 89.1 Å². The normalized spacial score (nSPS) is 16.0. The Morgan fingerprint density at radius 3 is 2.21 bits per heavy atom. The standard InChI is InChI=1S/C30H35N3O/c34-30(33-22-26-11-4-5-12-27(26)23-33)15-8-18-31-21-24-16-19-32(20-17-24)29-14-7-6-13-28(29)25-9-2-1-3-10-25/h1-7,9-14,24,31H,8,15-23H2. The van der Waals surface area contributed by atoms with E-state index in [1.54, 1.807) is 0 Å². The number of benzene rings is 3. The Morgan fingerprint density at radius 1 is 0.824 bits per heavy atom. The van der Waals surface area contributed by atoms with Crippen LogP contribution in [0.5, 0.6) is 0 Å². The molecule has 0 spiro atoms. The Morgan fingerprint density at radius 2 is 1.47 bits per heavy atom. The van der Waals surface area contributed by atoms with Crippen molar-refractivity contribution in [3.05, 3.63) is 90.0 Å². The van der Waals surface area contributed by atoms with E-state index in [4.69, 9.17) is 0 Å². The van der Waals surface area contributed by atoms with Crippen LogP contribution in [0.4, 0.5) is 5.69 Å². The molecule has 2 aliphatic rings. The summed E-state index contributed by atoms with van der Waals surface area (Å²) in [5.74, 6) is 0.993. The predicted molar refractivity (Wildman–Crippen MR) is 140 cm³/mol. The molecule has 0 aliphatic carbocycles. The van der Waals surface area contributed by atoms with Gasteiger partial charge in [-0.25, -0.2) is 0 Å². The van der Waals surface area contributed by atoms with Gasteiger partial charge in [0.15, 0.2) is 0 Å². The van der Waals surface area contributed by atoms with Gasteiger partial charge in [-0.3, -0.25) is 4.79 Å². The fourth-order valence-corrected chi connectivity index (χ4v) is 5.33. The molecule has 0 bridgehead atoms. The molecule has 0 radical (unpaired) electrons. The van der Waals surface area contributed by atoms with Crippen LogP contribution in [0, 0.1) is 5.92 Å². The molecule has 0 unspecified atom stereocenters. The van der Waals surface area contributed by atoms with Gasteiger partial charge in [-0.15, -0.1) is 0 Å². The van der Waals surface area contributed by atoms with Gasteiger partial charge in [-0.1, -0.05) is 72.8 Å². The van der Waals surface area contributed by atoms with Crippen molar-refractivity contribution in [2.75, 3.05) is 31.1 Å². The van der Waals surface area contributed by atoms with Crippen molar-refractivity contribution in [3.8, 4) is 11.1 Å². The van der Waals surface area contributed by atoms with E-state index < -0.39 is 0 Å². The van der Waals surface area contributed by atoms with Crippen LogP contribution < -0.4 is 10.2 Å². The molecule has 1 saturated heterocycles. The molecule has 4 nitrogen and oxygen atoms in total. The molecule has 2 heterocycles. The molecule has 1 fully saturated rings. The zero-order valence-electron chi connectivity index (χ0n) is 20.0. The Kier molecular flexibility index (Phi) is 7.25. The number of anilines is 1. The zero-order valence-corrected chi connectivity index (χ0v) is 20.0. The summed E-state index contributed by atoms with van der Waals surface area (Å²) in [7, 11) is 0. The Labute approximate surface area is 203 Å². The van der Waals surface area contributed by atoms with Crippen molar-refractivity contribution in [1.29, 1.82) is 0 Å². The molecule has 1 N–H and O–H groups in total. The van der Waals surface area contributed by atoms with Gasteiger partial charge >= 0.3 is 0 Å². The lowest BCUT2D eigenvalue weighted by atomic mass is 9.95. The van der Waals surface area contributed by atoms with E-state index in [9.17, 15) is 4.79 Å². The van der Waals surface area contributed by atoms with Crippen LogP contribution in [0.25, 0.3) is 11.1 Å². The van der Waals surface area contributed by atoms with Crippen LogP contribution in [-0.4, -0.2) is 37.0 Å². The Hall–Kier alpha value is -3.11. The first-order chi connectivity index (χ1) is 16.8. The van der Waals surface area contributed by atoms with Crippen molar-refractivity contribution in [3.63, 3.8) is 0 Å². The van der Waals surface area contributed by atoms with E-state index in [-0.39, 0.29) is 5.91 Å². The molecule has 176 valence electrons. The van der Waals surface area contributed by atoms with Gasteiger partial charge < -0.3 is 15.1 Å². The molecular formula is C30H35N3O. The summed E-state index contributed by atoms with van der Waals surface area (Å²) in [4.78, 5) is 17.1. The summed E-state index contributed by atoms with van der Waals surface area (Å²) in [6.45, 7) is 5.72. The Balaban J connectivity index is 1.02. The third-order valence-corrected chi connectivity index (χ3v) is 7.31. The van der Waals surface area contributed by atoms with Gasteiger partial charge in [-0.05, 0) is 61.0 Å². The van der Waals surface area contributed by atoms with Crippen LogP contribution in [0.2, 0.25) is 0 Å². The number of carbonyl (C=O) groups is 1. The number of nitrogens with zero attached hydrogens (tertiary/aromatic N) is 2. The number of para-hydroxylation sites is 1. The fourth-order valence-electron chi connectivity index (χ4n) is 5.33. The molecule has 1 amide bonds. The molecule has 5 rings (SSSR count). The van der Waals surface area contributed by atoms with Crippen LogP contribution >= 0.6 is 0 Å². The second-order valence-electron chi connectivity index (χ2n) is 9.64. The number of fused-ring (bicyclic) bond motifs is 1. The van der Waals surface area contributed by atoms with Crippen LogP contribution in [0.15, 0.2) is 78.9 Å². The minimum atomic E-state index is 0.281. The first kappa shape index (κ1) is 22.7. The number of piperidine rings is 1. The van der Waals surface area contributed by atoms with Crippen LogP contribution in [0.1, 0.15) is 36.8 Å². The predicted octanol–water partition coefficient (Wildman–Crippen LogP) is 5.48. The summed E-state index contributed by atoms with van der Waals surface area (Å²) >= 11 is 0. The first-order valence-corrected chi connectivity index (χ1v) is 12.7. The first-order valence-electron chi connectivity index (χ1n) is 12.7. The number of hydrogen-bond donors (Lipinski definition) is 1. The highest BCUT2D eigenvalue weighted by Crippen LogP contribution is 2.33. The van der Waals surface area contributed by atoms with Crippen molar-refractivity contribution in [2.24, 2.45) is 5.92 Å². The fraction of sp³-hybridized carbons (Fsp3) is 0.367. The third-order valence-electron chi connectivity index (χ3n) is 7.31. The van der Waals surface area contributed by atoms with Gasteiger partial charge in [0.1, 0.15) is 0 Å². The number of amides is 1. The minimum Gasteiger partial charge on any atom is -0.371 e. The van der Waals surface area contributed by atoms with Crippen molar-refractivity contribution in [2.45, 2.75) is 38.8 Å². The molecule has 0 aromatic heterocycles. The van der Waals surface area contributed by atoms with E-state index in [1.807, 2.05) is 4.90 Å². The summed E-state index contributed by atoms with van der Waals surface area (Å²) in [5.41, 5.74) is 6.56. The monoisotopic (exact) mass is 453 g/mol. The summed E-state index contributed by atoms with van der Waals surface area (Å²) in [6.07, 6.45) is 3.97. The van der Waals surface area contributed by atoms with E-state index in [0.29, 0.717) is 12.3 Å². The second kappa shape index (κ2) is 10.9. The maximum atomic E-state index is 12.6. The zero-order chi connectivity index (χ0) is 23.2. The lowest BCUT2D eigenvalue weighted by Gasteiger charge is -2.35. The number of hydrogen-bond acceptors (Lipinski definition) is 3. The Bertz CT molecular complexity index is 1060. The van der Waals surface area contributed by atoms with Gasteiger partial charge in [0.25, 0.3) is 0 Å². The highest BCUT2D eigenvalue weighted by Gasteiger charge is 2.23. The molecule has 34 heavy (non-hydrogen) atoms. The summed E-state index contributed by atoms with van der Waals surface area (Å²) in [6, 6.07) is 27.9. The largest absolute Gasteiger partial charge is 0.371 e. The lowest BCUT2D eigenvalue weighted by Crippen LogP contribution is -2.37. The highest BCUT2D eigenvalue weighted by atomic mass is 16.2. The molecule has 0 atom stereocenters. The smallest absolute Gasteiger partial charge is 0.223 e. The van der Waals surface area contributed by atoms with Gasteiger partial charge in [0.05, 0.1) is 0 Å². The molecule has 4 heteroatoms. The van der Waals surface area contributed by atoms with Crippen molar-refractivity contribution < 1.29 is 4.79 Å². The van der Waals surface area contributed by atoms with Gasteiger partial charge in [-0.2, -0.15) is 0 Å². The van der Waals surface area contributed by atoms with Crippen LogP contribution in [-0.2, 0) is 17.9 Å². The summed E-state index contributed by atoms with van der Waals surface area (Å²) < 4.78 is 0. The maximum Gasteiger partial charge on any atom is 0.223 e. The molecule has 3 aromatic rings. The number of carbonyl (C=O) groups excluding carboxylic acids is 1. The lowest BCUT2D eigenvalue weighted by molar-refractivity contribution is -0.131.